The van der Waals surface area contributed by atoms with Gasteiger partial charge in [0.1, 0.15) is 5.75 Å². The van der Waals surface area contributed by atoms with Crippen molar-refractivity contribution >= 4 is 17.5 Å². The SMILES string of the molecule is CC(C)CCOc1cccc(C(=O)Nc2cccc(C(=O)NCC3CCCO3)c2)c1. The molecule has 2 aromatic carbocycles. The normalized spacial score (nSPS) is 15.8. The number of nitrogens with one attached hydrogen (secondary N) is 2. The third-order valence-corrected chi connectivity index (χ3v) is 4.96. The van der Waals surface area contributed by atoms with Crippen LogP contribution in [0.5, 0.6) is 5.75 Å². The van der Waals surface area contributed by atoms with Gasteiger partial charge in [-0.25, -0.2) is 0 Å². The average Bonchev–Trinajstić information content (AvgIpc) is 3.26. The van der Waals surface area contributed by atoms with Gasteiger partial charge in [0.25, 0.3) is 11.8 Å². The van der Waals surface area contributed by atoms with E-state index in [-0.39, 0.29) is 17.9 Å². The van der Waals surface area contributed by atoms with Gasteiger partial charge >= 0.3 is 0 Å². The van der Waals surface area contributed by atoms with Crippen LogP contribution in [0.3, 0.4) is 0 Å². The molecule has 0 spiro atoms. The summed E-state index contributed by atoms with van der Waals surface area (Å²) in [5, 5.41) is 5.75. The lowest BCUT2D eigenvalue weighted by molar-refractivity contribution is 0.0857. The summed E-state index contributed by atoms with van der Waals surface area (Å²) in [6.45, 7) is 6.16. The molecule has 0 aromatic heterocycles. The molecule has 2 amide bonds. The van der Waals surface area contributed by atoms with E-state index in [0.29, 0.717) is 41.6 Å². The summed E-state index contributed by atoms with van der Waals surface area (Å²) in [5.74, 6) is 0.806. The zero-order valence-corrected chi connectivity index (χ0v) is 17.6. The zero-order chi connectivity index (χ0) is 21.3. The molecule has 1 atom stereocenters. The van der Waals surface area contributed by atoms with E-state index >= 15 is 0 Å². The third kappa shape index (κ3) is 6.59. The molecule has 1 saturated heterocycles. The van der Waals surface area contributed by atoms with Crippen LogP contribution >= 0.6 is 0 Å². The first kappa shape index (κ1) is 21.8. The molecule has 2 N–H and O–H groups in total. The Hall–Kier alpha value is -2.86. The number of hydrogen-bond donors (Lipinski definition) is 2. The Kier molecular flexibility index (Phi) is 7.85. The van der Waals surface area contributed by atoms with Gasteiger partial charge in [0, 0.05) is 30.0 Å². The molecule has 1 heterocycles. The van der Waals surface area contributed by atoms with Gasteiger partial charge in [-0.3, -0.25) is 9.59 Å². The minimum atomic E-state index is -0.249. The van der Waals surface area contributed by atoms with Gasteiger partial charge in [0.15, 0.2) is 0 Å². The summed E-state index contributed by atoms with van der Waals surface area (Å²) >= 11 is 0. The minimum absolute atomic E-state index is 0.0897. The van der Waals surface area contributed by atoms with Gasteiger partial charge in [-0.1, -0.05) is 26.0 Å². The number of benzene rings is 2. The van der Waals surface area contributed by atoms with Crippen LogP contribution in [0.4, 0.5) is 5.69 Å². The molecule has 30 heavy (non-hydrogen) atoms. The topological polar surface area (TPSA) is 76.7 Å². The molecule has 3 rings (SSSR count). The second kappa shape index (κ2) is 10.8. The highest BCUT2D eigenvalue weighted by molar-refractivity contribution is 6.05. The molecule has 160 valence electrons. The molecule has 1 aliphatic heterocycles. The maximum Gasteiger partial charge on any atom is 0.255 e. The van der Waals surface area contributed by atoms with Crippen molar-refractivity contribution in [2.45, 2.75) is 39.2 Å². The van der Waals surface area contributed by atoms with Crippen LogP contribution in [0.15, 0.2) is 48.5 Å². The Morgan fingerprint density at radius 3 is 2.60 bits per heavy atom. The van der Waals surface area contributed by atoms with Crippen LogP contribution in [0, 0.1) is 5.92 Å². The lowest BCUT2D eigenvalue weighted by Crippen LogP contribution is -2.31. The molecule has 0 radical (unpaired) electrons. The predicted octanol–water partition coefficient (Wildman–Crippen LogP) is 4.27. The van der Waals surface area contributed by atoms with E-state index in [2.05, 4.69) is 24.5 Å². The number of rotatable bonds is 9. The lowest BCUT2D eigenvalue weighted by Gasteiger charge is -2.12. The number of amides is 2. The Bertz CT molecular complexity index is 860. The highest BCUT2D eigenvalue weighted by Gasteiger charge is 2.17. The second-order valence-electron chi connectivity index (χ2n) is 7.94. The Balaban J connectivity index is 1.57. The average molecular weight is 411 g/mol. The zero-order valence-electron chi connectivity index (χ0n) is 17.6. The minimum Gasteiger partial charge on any atom is -0.494 e. The van der Waals surface area contributed by atoms with Crippen molar-refractivity contribution in [2.75, 3.05) is 25.1 Å². The lowest BCUT2D eigenvalue weighted by atomic mass is 10.1. The van der Waals surface area contributed by atoms with Gasteiger partial charge in [0.2, 0.25) is 0 Å². The van der Waals surface area contributed by atoms with Crippen LogP contribution in [0.1, 0.15) is 53.8 Å². The molecular formula is C24H30N2O4. The van der Waals surface area contributed by atoms with E-state index in [1.807, 2.05) is 6.07 Å². The summed E-state index contributed by atoms with van der Waals surface area (Å²) in [7, 11) is 0. The smallest absolute Gasteiger partial charge is 0.255 e. The number of anilines is 1. The summed E-state index contributed by atoms with van der Waals surface area (Å²) < 4.78 is 11.3. The monoisotopic (exact) mass is 410 g/mol. The molecular weight excluding hydrogens is 380 g/mol. The summed E-state index contributed by atoms with van der Waals surface area (Å²) in [5.41, 5.74) is 1.57. The Labute approximate surface area is 178 Å². The van der Waals surface area contributed by atoms with Crippen LogP contribution in [-0.2, 0) is 4.74 Å². The quantitative estimate of drug-likeness (QED) is 0.647. The van der Waals surface area contributed by atoms with Crippen molar-refractivity contribution in [2.24, 2.45) is 5.92 Å². The van der Waals surface area contributed by atoms with Gasteiger partial charge in [-0.2, -0.15) is 0 Å². The highest BCUT2D eigenvalue weighted by Crippen LogP contribution is 2.17. The fraction of sp³-hybridized carbons (Fsp3) is 0.417. The molecule has 0 aliphatic carbocycles. The molecule has 0 bridgehead atoms. The highest BCUT2D eigenvalue weighted by atomic mass is 16.5. The standard InChI is InChI=1S/C24H30N2O4/c1-17(2)11-13-30-21-9-4-7-19(15-21)24(28)26-20-8-3-6-18(14-20)23(27)25-16-22-10-5-12-29-22/h3-4,6-9,14-15,17,22H,5,10-13,16H2,1-2H3,(H,25,27)(H,26,28). The molecule has 0 saturated carbocycles. The van der Waals surface area contributed by atoms with E-state index in [0.717, 1.165) is 25.9 Å². The molecule has 6 nitrogen and oxygen atoms in total. The van der Waals surface area contributed by atoms with E-state index in [1.165, 1.54) is 0 Å². The van der Waals surface area contributed by atoms with Crippen molar-refractivity contribution < 1.29 is 19.1 Å². The van der Waals surface area contributed by atoms with Crippen LogP contribution in [-0.4, -0.2) is 37.7 Å². The van der Waals surface area contributed by atoms with Crippen LogP contribution in [0.2, 0.25) is 0 Å². The summed E-state index contributed by atoms with van der Waals surface area (Å²) in [6, 6.07) is 14.0. The molecule has 1 unspecified atom stereocenters. The number of hydrogen-bond acceptors (Lipinski definition) is 4. The van der Waals surface area contributed by atoms with E-state index in [1.54, 1.807) is 42.5 Å². The van der Waals surface area contributed by atoms with E-state index in [4.69, 9.17) is 9.47 Å². The maximum atomic E-state index is 12.6. The fourth-order valence-corrected chi connectivity index (χ4v) is 3.19. The first-order chi connectivity index (χ1) is 14.5. The van der Waals surface area contributed by atoms with Gasteiger partial charge in [-0.05, 0) is 61.6 Å². The third-order valence-electron chi connectivity index (χ3n) is 4.96. The predicted molar refractivity (Wildman–Crippen MR) is 117 cm³/mol. The van der Waals surface area contributed by atoms with Crippen molar-refractivity contribution in [1.82, 2.24) is 5.32 Å². The number of ether oxygens (including phenoxy) is 2. The molecule has 1 fully saturated rings. The maximum absolute atomic E-state index is 12.6. The first-order valence-corrected chi connectivity index (χ1v) is 10.6. The summed E-state index contributed by atoms with van der Waals surface area (Å²) in [6.07, 6.45) is 3.05. The number of carbonyl (C=O) groups excluding carboxylic acids is 2. The van der Waals surface area contributed by atoms with Crippen LogP contribution < -0.4 is 15.4 Å². The van der Waals surface area contributed by atoms with Crippen molar-refractivity contribution in [1.29, 1.82) is 0 Å². The number of carbonyl (C=O) groups is 2. The van der Waals surface area contributed by atoms with Crippen molar-refractivity contribution in [3.63, 3.8) is 0 Å². The van der Waals surface area contributed by atoms with E-state index < -0.39 is 0 Å². The van der Waals surface area contributed by atoms with Crippen molar-refractivity contribution in [3.8, 4) is 5.75 Å². The molecule has 6 heteroatoms. The van der Waals surface area contributed by atoms with Gasteiger partial charge < -0.3 is 20.1 Å². The fourth-order valence-electron chi connectivity index (χ4n) is 3.19. The largest absolute Gasteiger partial charge is 0.494 e. The van der Waals surface area contributed by atoms with E-state index in [9.17, 15) is 9.59 Å². The summed E-state index contributed by atoms with van der Waals surface area (Å²) in [4.78, 5) is 25.1. The van der Waals surface area contributed by atoms with Gasteiger partial charge in [-0.15, -0.1) is 0 Å². The van der Waals surface area contributed by atoms with Gasteiger partial charge in [0.05, 0.1) is 12.7 Å². The van der Waals surface area contributed by atoms with Crippen LogP contribution in [0.25, 0.3) is 0 Å². The second-order valence-corrected chi connectivity index (χ2v) is 7.94. The van der Waals surface area contributed by atoms with Crippen molar-refractivity contribution in [3.05, 3.63) is 59.7 Å². The molecule has 1 aliphatic rings. The Morgan fingerprint density at radius 2 is 1.87 bits per heavy atom. The molecule has 2 aromatic rings. The first-order valence-electron chi connectivity index (χ1n) is 10.6. The Morgan fingerprint density at radius 1 is 1.10 bits per heavy atom.